The summed E-state index contributed by atoms with van der Waals surface area (Å²) in [6, 6.07) is 4.68. The number of aryl methyl sites for hydroxylation is 1. The number of carbonyl (C=O) groups excluding carboxylic acids is 1. The molecule has 1 aromatic rings. The van der Waals surface area contributed by atoms with Crippen molar-refractivity contribution in [3.05, 3.63) is 28.8 Å². The standard InChI is InChI=1S/C36H60O2/c1-7-8-9-10-11-12-13-14-15-16-17-18-19-21-34(37)38-32-27-31-29(26-30(32)28(2)3)22-23-33-35(4,5)24-20-25-36(31,33)6/h26-28,33H,7-25H2,1-6H3/t33-,36+/m0/s1. The van der Waals surface area contributed by atoms with E-state index in [0.29, 0.717) is 23.7 Å². The molecular formula is C36H60O2. The highest BCUT2D eigenvalue weighted by Gasteiger charge is 2.50. The van der Waals surface area contributed by atoms with Crippen molar-refractivity contribution >= 4 is 5.97 Å². The second-order valence-corrected chi connectivity index (χ2v) is 14.0. The fourth-order valence-corrected chi connectivity index (χ4v) is 7.84. The first-order valence-corrected chi connectivity index (χ1v) is 16.6. The number of esters is 1. The van der Waals surface area contributed by atoms with Crippen LogP contribution in [0.2, 0.25) is 0 Å². The van der Waals surface area contributed by atoms with Crippen LogP contribution in [0.5, 0.6) is 5.75 Å². The van der Waals surface area contributed by atoms with Crippen molar-refractivity contribution in [2.24, 2.45) is 11.3 Å². The second kappa shape index (κ2) is 14.9. The molecule has 1 aromatic carbocycles. The van der Waals surface area contributed by atoms with Crippen LogP contribution in [0.3, 0.4) is 0 Å². The minimum absolute atomic E-state index is 0.0450. The Morgan fingerprint density at radius 2 is 1.45 bits per heavy atom. The molecule has 0 aromatic heterocycles. The van der Waals surface area contributed by atoms with Gasteiger partial charge in [0.15, 0.2) is 0 Å². The van der Waals surface area contributed by atoms with Gasteiger partial charge in [-0.25, -0.2) is 0 Å². The van der Waals surface area contributed by atoms with Crippen LogP contribution in [0, 0.1) is 11.3 Å². The third-order valence-electron chi connectivity index (χ3n) is 10.1. The molecule has 2 aliphatic rings. The second-order valence-electron chi connectivity index (χ2n) is 14.0. The average Bonchev–Trinajstić information content (AvgIpc) is 2.86. The Labute approximate surface area is 236 Å². The number of carbonyl (C=O) groups is 1. The lowest BCUT2D eigenvalue weighted by Gasteiger charge is -2.54. The minimum atomic E-state index is -0.0450. The molecule has 0 heterocycles. The van der Waals surface area contributed by atoms with Gasteiger partial charge in [0.2, 0.25) is 0 Å². The van der Waals surface area contributed by atoms with Crippen molar-refractivity contribution in [2.45, 2.75) is 175 Å². The molecule has 0 aliphatic heterocycles. The van der Waals surface area contributed by atoms with Crippen molar-refractivity contribution in [1.82, 2.24) is 0 Å². The summed E-state index contributed by atoms with van der Waals surface area (Å²) in [4.78, 5) is 12.9. The summed E-state index contributed by atoms with van der Waals surface area (Å²) in [6.45, 7) is 14.2. The monoisotopic (exact) mass is 524 g/mol. The lowest BCUT2D eigenvalue weighted by molar-refractivity contribution is -0.134. The average molecular weight is 525 g/mol. The first kappa shape index (κ1) is 31.2. The van der Waals surface area contributed by atoms with Crippen LogP contribution in [0.4, 0.5) is 0 Å². The number of hydrogen-bond donors (Lipinski definition) is 0. The summed E-state index contributed by atoms with van der Waals surface area (Å²) in [5.41, 5.74) is 4.75. The lowest BCUT2D eigenvalue weighted by Crippen LogP contribution is -2.47. The Morgan fingerprint density at radius 1 is 0.868 bits per heavy atom. The van der Waals surface area contributed by atoms with Crippen molar-refractivity contribution in [3.63, 3.8) is 0 Å². The molecule has 0 radical (unpaired) electrons. The third-order valence-corrected chi connectivity index (χ3v) is 10.1. The SMILES string of the molecule is CCCCCCCCCCCCCCCC(=O)Oc1cc2c(cc1C(C)C)CC[C@H]1C(C)(C)CCC[C@]21C. The topological polar surface area (TPSA) is 26.3 Å². The summed E-state index contributed by atoms with van der Waals surface area (Å²) >= 11 is 0. The number of fused-ring (bicyclic) bond motifs is 3. The van der Waals surface area contributed by atoms with E-state index in [9.17, 15) is 4.79 Å². The first-order chi connectivity index (χ1) is 18.2. The maximum atomic E-state index is 12.9. The lowest BCUT2D eigenvalue weighted by atomic mass is 9.50. The zero-order valence-electron chi connectivity index (χ0n) is 26.1. The fraction of sp³-hybridized carbons (Fsp3) is 0.806. The van der Waals surface area contributed by atoms with Crippen LogP contribution >= 0.6 is 0 Å². The predicted octanol–water partition coefficient (Wildman–Crippen LogP) is 11.2. The van der Waals surface area contributed by atoms with Gasteiger partial charge < -0.3 is 4.74 Å². The van der Waals surface area contributed by atoms with Gasteiger partial charge in [0.1, 0.15) is 5.75 Å². The Kier molecular flexibility index (Phi) is 12.2. The molecule has 2 nitrogen and oxygen atoms in total. The highest BCUT2D eigenvalue weighted by Crippen LogP contribution is 2.57. The zero-order chi connectivity index (χ0) is 27.6. The maximum absolute atomic E-state index is 12.9. The van der Waals surface area contributed by atoms with E-state index >= 15 is 0 Å². The molecule has 0 saturated heterocycles. The van der Waals surface area contributed by atoms with E-state index in [2.05, 4.69) is 53.7 Å². The van der Waals surface area contributed by atoms with Crippen LogP contribution in [0.1, 0.15) is 180 Å². The van der Waals surface area contributed by atoms with Gasteiger partial charge in [-0.1, -0.05) is 131 Å². The first-order valence-electron chi connectivity index (χ1n) is 16.6. The fourth-order valence-electron chi connectivity index (χ4n) is 7.84. The zero-order valence-corrected chi connectivity index (χ0v) is 26.1. The summed E-state index contributed by atoms with van der Waals surface area (Å²) < 4.78 is 6.12. The molecule has 0 unspecified atom stereocenters. The van der Waals surface area contributed by atoms with Crippen molar-refractivity contribution in [2.75, 3.05) is 0 Å². The van der Waals surface area contributed by atoms with Crippen LogP contribution in [-0.2, 0) is 16.6 Å². The molecule has 2 aliphatic carbocycles. The van der Waals surface area contributed by atoms with E-state index in [1.807, 2.05) is 0 Å². The van der Waals surface area contributed by atoms with E-state index in [1.54, 1.807) is 0 Å². The van der Waals surface area contributed by atoms with Crippen molar-refractivity contribution in [1.29, 1.82) is 0 Å². The van der Waals surface area contributed by atoms with Gasteiger partial charge in [0.25, 0.3) is 0 Å². The van der Waals surface area contributed by atoms with Crippen LogP contribution in [0.15, 0.2) is 12.1 Å². The molecule has 1 saturated carbocycles. The minimum Gasteiger partial charge on any atom is -0.426 e. The van der Waals surface area contributed by atoms with Gasteiger partial charge in [-0.15, -0.1) is 0 Å². The largest absolute Gasteiger partial charge is 0.426 e. The van der Waals surface area contributed by atoms with E-state index in [4.69, 9.17) is 4.74 Å². The molecule has 2 atom stereocenters. The van der Waals surface area contributed by atoms with Gasteiger partial charge in [-0.2, -0.15) is 0 Å². The van der Waals surface area contributed by atoms with Crippen LogP contribution in [-0.4, -0.2) is 5.97 Å². The summed E-state index contributed by atoms with van der Waals surface area (Å²) in [5, 5.41) is 0. The van der Waals surface area contributed by atoms with Crippen LogP contribution in [0.25, 0.3) is 0 Å². The molecule has 0 spiro atoms. The number of hydrogen-bond acceptors (Lipinski definition) is 2. The van der Waals surface area contributed by atoms with Gasteiger partial charge in [0.05, 0.1) is 0 Å². The number of rotatable bonds is 16. The highest BCUT2D eigenvalue weighted by atomic mass is 16.5. The number of benzene rings is 1. The van der Waals surface area contributed by atoms with Gasteiger partial charge in [-0.3, -0.25) is 4.79 Å². The number of ether oxygens (including phenoxy) is 1. The number of unbranched alkanes of at least 4 members (excludes halogenated alkanes) is 12. The normalized spacial score (nSPS) is 22.2. The van der Waals surface area contributed by atoms with E-state index < -0.39 is 0 Å². The molecular weight excluding hydrogens is 464 g/mol. The van der Waals surface area contributed by atoms with Gasteiger partial charge >= 0.3 is 5.97 Å². The molecule has 0 N–H and O–H groups in total. The summed E-state index contributed by atoms with van der Waals surface area (Å²) in [7, 11) is 0. The van der Waals surface area contributed by atoms with Crippen molar-refractivity contribution in [3.8, 4) is 5.75 Å². The molecule has 3 rings (SSSR count). The van der Waals surface area contributed by atoms with Crippen molar-refractivity contribution < 1.29 is 9.53 Å². The van der Waals surface area contributed by atoms with Gasteiger partial charge in [-0.05, 0) is 77.5 Å². The van der Waals surface area contributed by atoms with Crippen LogP contribution < -0.4 is 4.74 Å². The Bertz CT molecular complexity index is 866. The Balaban J connectivity index is 1.45. The van der Waals surface area contributed by atoms with E-state index in [0.717, 1.165) is 25.0 Å². The molecule has 0 bridgehead atoms. The molecule has 2 heteroatoms. The Morgan fingerprint density at radius 3 is 2.03 bits per heavy atom. The smallest absolute Gasteiger partial charge is 0.311 e. The van der Waals surface area contributed by atoms with E-state index in [1.165, 1.54) is 113 Å². The predicted molar refractivity (Wildman–Crippen MR) is 163 cm³/mol. The molecule has 0 amide bonds. The maximum Gasteiger partial charge on any atom is 0.311 e. The van der Waals surface area contributed by atoms with Gasteiger partial charge in [0, 0.05) is 6.42 Å². The summed E-state index contributed by atoms with van der Waals surface area (Å²) in [5.74, 6) is 1.85. The quantitative estimate of drug-likeness (QED) is 0.122. The third kappa shape index (κ3) is 8.34. The Hall–Kier alpha value is -1.31. The summed E-state index contributed by atoms with van der Waals surface area (Å²) in [6.07, 6.45) is 24.0. The molecule has 216 valence electrons. The highest BCUT2D eigenvalue weighted by molar-refractivity contribution is 5.73. The molecule has 1 fully saturated rings. The van der Waals surface area contributed by atoms with E-state index in [-0.39, 0.29) is 11.4 Å². The molecule has 38 heavy (non-hydrogen) atoms.